The summed E-state index contributed by atoms with van der Waals surface area (Å²) in [6.45, 7) is 15.9. The van der Waals surface area contributed by atoms with Gasteiger partial charge >= 0.3 is 0 Å². The van der Waals surface area contributed by atoms with Gasteiger partial charge in [0.1, 0.15) is 0 Å². The molecule has 0 unspecified atom stereocenters. The molecule has 0 heterocycles. The van der Waals surface area contributed by atoms with Crippen LogP contribution in [0.2, 0.25) is 0 Å². The van der Waals surface area contributed by atoms with Gasteiger partial charge in [-0.2, -0.15) is 0 Å². The molecule has 0 atom stereocenters. The minimum absolute atomic E-state index is 0.396. The average Bonchev–Trinajstić information content (AvgIpc) is 2.41. The molecule has 0 saturated carbocycles. The van der Waals surface area contributed by atoms with Crippen molar-refractivity contribution >= 4 is 0 Å². The first kappa shape index (κ1) is 17.2. The second kappa shape index (κ2) is 7.83. The molecule has 20 heavy (non-hydrogen) atoms. The molecule has 1 rings (SSSR count). The number of hydrogen-bond acceptors (Lipinski definition) is 1. The lowest BCUT2D eigenvalue weighted by Gasteiger charge is -2.33. The molecule has 1 nitrogen and oxygen atoms in total. The van der Waals surface area contributed by atoms with Crippen LogP contribution in [0, 0.1) is 25.2 Å². The van der Waals surface area contributed by atoms with E-state index in [0.717, 1.165) is 19.0 Å². The smallest absolute Gasteiger partial charge is 0.00109 e. The number of aryl methyl sites for hydroxylation is 2. The van der Waals surface area contributed by atoms with Gasteiger partial charge in [0.05, 0.1) is 0 Å². The first-order chi connectivity index (χ1) is 9.42. The Morgan fingerprint density at radius 1 is 1.10 bits per heavy atom. The maximum atomic E-state index is 3.68. The lowest BCUT2D eigenvalue weighted by atomic mass is 9.76. The van der Waals surface area contributed by atoms with Gasteiger partial charge in [0.15, 0.2) is 0 Å². The second-order valence-corrected chi connectivity index (χ2v) is 6.84. The van der Waals surface area contributed by atoms with E-state index in [0.29, 0.717) is 5.41 Å². The zero-order chi connectivity index (χ0) is 15.2. The monoisotopic (exact) mass is 275 g/mol. The molecule has 1 heteroatoms. The summed E-state index contributed by atoms with van der Waals surface area (Å²) < 4.78 is 0. The number of nitrogens with one attached hydrogen (secondary N) is 1. The van der Waals surface area contributed by atoms with E-state index in [1.807, 2.05) is 0 Å². The quantitative estimate of drug-likeness (QED) is 0.711. The second-order valence-electron chi connectivity index (χ2n) is 6.84. The van der Waals surface area contributed by atoms with E-state index in [1.54, 1.807) is 0 Å². The van der Waals surface area contributed by atoms with E-state index in [2.05, 4.69) is 65.1 Å². The molecule has 0 aromatic heterocycles. The number of benzene rings is 1. The minimum Gasteiger partial charge on any atom is -0.316 e. The highest BCUT2D eigenvalue weighted by molar-refractivity contribution is 5.31. The molecular formula is C19H33N. The van der Waals surface area contributed by atoms with Gasteiger partial charge in [-0.3, -0.25) is 0 Å². The summed E-state index contributed by atoms with van der Waals surface area (Å²) >= 11 is 0. The lowest BCUT2D eigenvalue weighted by molar-refractivity contribution is 0.242. The Morgan fingerprint density at radius 3 is 2.30 bits per heavy atom. The van der Waals surface area contributed by atoms with Gasteiger partial charge in [0.2, 0.25) is 0 Å². The SMILES string of the molecule is CCC(CC)(CNCC(C)C)Cc1cc(C)ccc1C. The molecule has 1 aromatic carbocycles. The normalized spacial score (nSPS) is 12.2. The van der Waals surface area contributed by atoms with Crippen LogP contribution in [-0.2, 0) is 6.42 Å². The molecule has 0 amide bonds. The van der Waals surface area contributed by atoms with Crippen molar-refractivity contribution in [2.45, 2.75) is 60.8 Å². The highest BCUT2D eigenvalue weighted by Crippen LogP contribution is 2.31. The van der Waals surface area contributed by atoms with Gasteiger partial charge in [-0.05, 0) is 62.1 Å². The summed E-state index contributed by atoms with van der Waals surface area (Å²) in [6.07, 6.45) is 3.67. The molecular weight excluding hydrogens is 242 g/mol. The maximum Gasteiger partial charge on any atom is 0.00109 e. The molecule has 0 aliphatic carbocycles. The van der Waals surface area contributed by atoms with Gasteiger partial charge in [-0.1, -0.05) is 51.5 Å². The van der Waals surface area contributed by atoms with Crippen LogP contribution in [0.1, 0.15) is 57.2 Å². The van der Waals surface area contributed by atoms with Gasteiger partial charge in [0.25, 0.3) is 0 Å². The minimum atomic E-state index is 0.396. The summed E-state index contributed by atoms with van der Waals surface area (Å²) in [7, 11) is 0. The topological polar surface area (TPSA) is 12.0 Å². The van der Waals surface area contributed by atoms with Crippen LogP contribution in [-0.4, -0.2) is 13.1 Å². The summed E-state index contributed by atoms with van der Waals surface area (Å²) in [4.78, 5) is 0. The molecule has 0 saturated heterocycles. The Kier molecular flexibility index (Phi) is 6.75. The Bertz CT molecular complexity index is 402. The Hall–Kier alpha value is -0.820. The van der Waals surface area contributed by atoms with Crippen LogP contribution in [0.5, 0.6) is 0 Å². The van der Waals surface area contributed by atoms with Gasteiger partial charge in [0, 0.05) is 6.54 Å². The summed E-state index contributed by atoms with van der Waals surface area (Å²) in [5, 5.41) is 3.68. The van der Waals surface area contributed by atoms with E-state index in [4.69, 9.17) is 0 Å². The van der Waals surface area contributed by atoms with Crippen molar-refractivity contribution in [3.8, 4) is 0 Å². The first-order valence-corrected chi connectivity index (χ1v) is 8.19. The molecule has 114 valence electrons. The molecule has 0 aliphatic rings. The van der Waals surface area contributed by atoms with E-state index in [9.17, 15) is 0 Å². The van der Waals surface area contributed by atoms with Crippen LogP contribution in [0.25, 0.3) is 0 Å². The van der Waals surface area contributed by atoms with Crippen molar-refractivity contribution in [3.63, 3.8) is 0 Å². The zero-order valence-electron chi connectivity index (χ0n) is 14.3. The van der Waals surface area contributed by atoms with Crippen LogP contribution in [0.15, 0.2) is 18.2 Å². The maximum absolute atomic E-state index is 3.68. The molecule has 0 aliphatic heterocycles. The highest BCUT2D eigenvalue weighted by atomic mass is 14.9. The zero-order valence-corrected chi connectivity index (χ0v) is 14.3. The predicted molar refractivity (Wildman–Crippen MR) is 90.3 cm³/mol. The largest absolute Gasteiger partial charge is 0.316 e. The van der Waals surface area contributed by atoms with Gasteiger partial charge in [-0.25, -0.2) is 0 Å². The van der Waals surface area contributed by atoms with Crippen molar-refractivity contribution in [2.75, 3.05) is 13.1 Å². The summed E-state index contributed by atoms with van der Waals surface area (Å²) in [5.74, 6) is 0.724. The number of rotatable bonds is 8. The fraction of sp³-hybridized carbons (Fsp3) is 0.684. The molecule has 0 spiro atoms. The molecule has 0 bridgehead atoms. The van der Waals surface area contributed by atoms with Crippen molar-refractivity contribution < 1.29 is 0 Å². The number of hydrogen-bond donors (Lipinski definition) is 1. The fourth-order valence-electron chi connectivity index (χ4n) is 2.83. The third-order valence-corrected chi connectivity index (χ3v) is 4.62. The van der Waals surface area contributed by atoms with Gasteiger partial charge < -0.3 is 5.32 Å². The van der Waals surface area contributed by atoms with Crippen molar-refractivity contribution in [1.82, 2.24) is 5.32 Å². The standard InChI is InChI=1S/C19H33N/c1-7-19(8-2,14-20-13-15(3)4)12-18-11-16(5)9-10-17(18)6/h9-11,15,20H,7-8,12-14H2,1-6H3. The molecule has 1 aromatic rings. The van der Waals surface area contributed by atoms with Crippen LogP contribution in [0.4, 0.5) is 0 Å². The predicted octanol–water partition coefficient (Wildman–Crippen LogP) is 4.90. The fourth-order valence-corrected chi connectivity index (χ4v) is 2.83. The third kappa shape index (κ3) is 4.94. The summed E-state index contributed by atoms with van der Waals surface area (Å²) in [6, 6.07) is 6.86. The third-order valence-electron chi connectivity index (χ3n) is 4.62. The lowest BCUT2D eigenvalue weighted by Crippen LogP contribution is -2.37. The van der Waals surface area contributed by atoms with Crippen molar-refractivity contribution in [3.05, 3.63) is 34.9 Å². The van der Waals surface area contributed by atoms with E-state index in [-0.39, 0.29) is 0 Å². The van der Waals surface area contributed by atoms with E-state index < -0.39 is 0 Å². The molecule has 1 N–H and O–H groups in total. The molecule has 0 radical (unpaired) electrons. The Labute approximate surface area is 126 Å². The first-order valence-electron chi connectivity index (χ1n) is 8.19. The van der Waals surface area contributed by atoms with Crippen LogP contribution in [0.3, 0.4) is 0 Å². The van der Waals surface area contributed by atoms with Crippen molar-refractivity contribution in [1.29, 1.82) is 0 Å². The van der Waals surface area contributed by atoms with E-state index >= 15 is 0 Å². The van der Waals surface area contributed by atoms with Crippen molar-refractivity contribution in [2.24, 2.45) is 11.3 Å². The Balaban J connectivity index is 2.81. The van der Waals surface area contributed by atoms with E-state index in [1.165, 1.54) is 36.0 Å². The van der Waals surface area contributed by atoms with Crippen LogP contribution >= 0.6 is 0 Å². The average molecular weight is 275 g/mol. The molecule has 0 fully saturated rings. The van der Waals surface area contributed by atoms with Crippen LogP contribution < -0.4 is 5.32 Å². The Morgan fingerprint density at radius 2 is 1.75 bits per heavy atom. The summed E-state index contributed by atoms with van der Waals surface area (Å²) in [5.41, 5.74) is 4.74. The highest BCUT2D eigenvalue weighted by Gasteiger charge is 2.26. The van der Waals surface area contributed by atoms with Gasteiger partial charge in [-0.15, -0.1) is 0 Å².